The van der Waals surface area contributed by atoms with Crippen molar-refractivity contribution in [1.82, 2.24) is 19.7 Å². The Morgan fingerprint density at radius 1 is 1.04 bits per heavy atom. The molecule has 2 aromatic heterocycles. The summed E-state index contributed by atoms with van der Waals surface area (Å²) in [5, 5.41) is 4.11. The van der Waals surface area contributed by atoms with Crippen LogP contribution in [0.15, 0.2) is 42.7 Å². The van der Waals surface area contributed by atoms with Crippen LogP contribution in [0.5, 0.6) is 0 Å². The van der Waals surface area contributed by atoms with E-state index < -0.39 is 23.9 Å². The van der Waals surface area contributed by atoms with Crippen LogP contribution in [0.4, 0.5) is 22.0 Å². The average Bonchev–Trinajstić information content (AvgIpc) is 3.00. The van der Waals surface area contributed by atoms with Gasteiger partial charge in [-0.25, -0.2) is 23.4 Å². The highest BCUT2D eigenvalue weighted by atomic mass is 35.5. The minimum atomic E-state index is -4.49. The van der Waals surface area contributed by atoms with Crippen LogP contribution < -0.4 is 0 Å². The Balaban J connectivity index is 1.98. The van der Waals surface area contributed by atoms with E-state index in [9.17, 15) is 22.0 Å². The number of benzene rings is 1. The number of rotatable bonds is 4. The quantitative estimate of drug-likeness (QED) is 0.599. The molecule has 0 radical (unpaired) electrons. The van der Waals surface area contributed by atoms with Crippen molar-refractivity contribution < 1.29 is 22.0 Å². The second-order valence-corrected chi connectivity index (χ2v) is 5.75. The van der Waals surface area contributed by atoms with Gasteiger partial charge in [-0.3, -0.25) is 0 Å². The van der Waals surface area contributed by atoms with E-state index in [0.717, 1.165) is 28.9 Å². The van der Waals surface area contributed by atoms with Crippen molar-refractivity contribution in [2.24, 2.45) is 0 Å². The van der Waals surface area contributed by atoms with Crippen LogP contribution in [0.2, 0.25) is 5.02 Å². The van der Waals surface area contributed by atoms with Crippen LogP contribution in [0.1, 0.15) is 29.2 Å². The predicted molar refractivity (Wildman–Crippen MR) is 83.4 cm³/mol. The smallest absolute Gasteiger partial charge is 0.239 e. The maximum atomic E-state index is 13.0. The van der Waals surface area contributed by atoms with E-state index in [0.29, 0.717) is 16.5 Å². The van der Waals surface area contributed by atoms with Crippen LogP contribution in [0.25, 0.3) is 5.69 Å². The zero-order chi connectivity index (χ0) is 18.9. The lowest BCUT2D eigenvalue weighted by atomic mass is 10.2. The third-order valence-electron chi connectivity index (χ3n) is 3.48. The Bertz CT molecular complexity index is 888. The standard InChI is InChI=1S/C16H10ClF5N4/c17-10-7-23-14(24-8-10)6-12-5-13(15(18)19)25-26(12)11-3-1-9(2-4-11)16(20,21)22/h1-5,7-8,15H,6H2. The zero-order valence-corrected chi connectivity index (χ0v) is 13.6. The molecule has 0 aliphatic heterocycles. The highest BCUT2D eigenvalue weighted by Crippen LogP contribution is 2.30. The average molecular weight is 389 g/mol. The number of alkyl halides is 5. The number of nitrogens with zero attached hydrogens (tertiary/aromatic N) is 4. The third-order valence-corrected chi connectivity index (χ3v) is 3.67. The Kier molecular flexibility index (Phi) is 4.90. The Morgan fingerprint density at radius 3 is 2.19 bits per heavy atom. The second kappa shape index (κ2) is 6.99. The molecule has 2 heterocycles. The molecule has 0 unspecified atom stereocenters. The maximum Gasteiger partial charge on any atom is 0.416 e. The van der Waals surface area contributed by atoms with Gasteiger partial charge in [0.2, 0.25) is 0 Å². The third kappa shape index (κ3) is 3.98. The molecule has 0 atom stereocenters. The largest absolute Gasteiger partial charge is 0.416 e. The van der Waals surface area contributed by atoms with Crippen LogP contribution in [0, 0.1) is 0 Å². The fraction of sp³-hybridized carbons (Fsp3) is 0.188. The summed E-state index contributed by atoms with van der Waals surface area (Å²) in [6.07, 6.45) is -4.54. The molecular weight excluding hydrogens is 379 g/mol. The highest BCUT2D eigenvalue weighted by molar-refractivity contribution is 6.30. The van der Waals surface area contributed by atoms with E-state index in [-0.39, 0.29) is 12.1 Å². The Hall–Kier alpha value is -2.55. The first-order valence-corrected chi connectivity index (χ1v) is 7.63. The van der Waals surface area contributed by atoms with E-state index in [4.69, 9.17) is 11.6 Å². The summed E-state index contributed by atoms with van der Waals surface area (Å²) in [6, 6.07) is 5.22. The number of hydrogen-bond acceptors (Lipinski definition) is 3. The van der Waals surface area contributed by atoms with Crippen LogP contribution in [-0.2, 0) is 12.6 Å². The van der Waals surface area contributed by atoms with E-state index >= 15 is 0 Å². The second-order valence-electron chi connectivity index (χ2n) is 5.31. The minimum Gasteiger partial charge on any atom is -0.239 e. The van der Waals surface area contributed by atoms with Gasteiger partial charge in [-0.1, -0.05) is 11.6 Å². The topological polar surface area (TPSA) is 43.6 Å². The van der Waals surface area contributed by atoms with Gasteiger partial charge < -0.3 is 0 Å². The van der Waals surface area contributed by atoms with Crippen molar-refractivity contribution in [1.29, 1.82) is 0 Å². The monoisotopic (exact) mass is 388 g/mol. The Morgan fingerprint density at radius 2 is 1.65 bits per heavy atom. The summed E-state index contributed by atoms with van der Waals surface area (Å²) < 4.78 is 65.2. The van der Waals surface area contributed by atoms with E-state index in [1.165, 1.54) is 18.5 Å². The zero-order valence-electron chi connectivity index (χ0n) is 12.9. The van der Waals surface area contributed by atoms with Gasteiger partial charge in [0.05, 0.1) is 28.4 Å². The van der Waals surface area contributed by atoms with Crippen molar-refractivity contribution in [3.05, 3.63) is 70.5 Å². The first kappa shape index (κ1) is 18.2. The summed E-state index contributed by atoms with van der Waals surface area (Å²) >= 11 is 5.71. The summed E-state index contributed by atoms with van der Waals surface area (Å²) in [7, 11) is 0. The molecule has 0 aliphatic rings. The number of hydrogen-bond donors (Lipinski definition) is 0. The molecule has 0 spiro atoms. The lowest BCUT2D eigenvalue weighted by Gasteiger charge is -2.10. The lowest BCUT2D eigenvalue weighted by molar-refractivity contribution is -0.137. The molecule has 0 fully saturated rings. The van der Waals surface area contributed by atoms with E-state index in [2.05, 4.69) is 15.1 Å². The van der Waals surface area contributed by atoms with Gasteiger partial charge in [0, 0.05) is 12.4 Å². The van der Waals surface area contributed by atoms with Crippen LogP contribution >= 0.6 is 11.6 Å². The molecule has 0 saturated heterocycles. The summed E-state index contributed by atoms with van der Waals surface area (Å²) in [6.45, 7) is 0. The van der Waals surface area contributed by atoms with Gasteiger partial charge >= 0.3 is 6.18 Å². The van der Waals surface area contributed by atoms with Gasteiger partial charge in [0.15, 0.2) is 0 Å². The molecule has 0 N–H and O–H groups in total. The number of aromatic nitrogens is 4. The molecular formula is C16H10ClF5N4. The molecule has 4 nitrogen and oxygen atoms in total. The fourth-order valence-corrected chi connectivity index (χ4v) is 2.38. The summed E-state index contributed by atoms with van der Waals surface area (Å²) in [5.74, 6) is 0.309. The first-order valence-electron chi connectivity index (χ1n) is 7.25. The molecule has 0 aliphatic carbocycles. The van der Waals surface area contributed by atoms with Crippen LogP contribution in [0.3, 0.4) is 0 Å². The summed E-state index contributed by atoms with van der Waals surface area (Å²) in [5.41, 5.74) is -0.810. The maximum absolute atomic E-state index is 13.0. The van der Waals surface area contributed by atoms with Gasteiger partial charge in [0.1, 0.15) is 11.5 Å². The SMILES string of the molecule is FC(F)c1cc(Cc2ncc(Cl)cn2)n(-c2ccc(C(F)(F)F)cc2)n1. The van der Waals surface area contributed by atoms with Crippen LogP contribution in [-0.4, -0.2) is 19.7 Å². The van der Waals surface area contributed by atoms with E-state index in [1.807, 2.05) is 0 Å². The van der Waals surface area contributed by atoms with Gasteiger partial charge in [-0.05, 0) is 30.3 Å². The molecule has 10 heteroatoms. The van der Waals surface area contributed by atoms with Gasteiger partial charge in [-0.2, -0.15) is 18.3 Å². The molecule has 26 heavy (non-hydrogen) atoms. The molecule has 3 rings (SSSR count). The molecule has 3 aromatic rings. The predicted octanol–water partition coefficient (Wildman–Crippen LogP) is 4.86. The number of halogens is 6. The summed E-state index contributed by atoms with van der Waals surface area (Å²) in [4.78, 5) is 7.98. The van der Waals surface area contributed by atoms with Gasteiger partial charge in [-0.15, -0.1) is 0 Å². The van der Waals surface area contributed by atoms with Crippen molar-refractivity contribution in [2.45, 2.75) is 19.0 Å². The van der Waals surface area contributed by atoms with E-state index in [1.54, 1.807) is 0 Å². The van der Waals surface area contributed by atoms with Crippen molar-refractivity contribution >= 4 is 11.6 Å². The van der Waals surface area contributed by atoms with Gasteiger partial charge in [0.25, 0.3) is 6.43 Å². The fourth-order valence-electron chi connectivity index (χ4n) is 2.28. The Labute approximate surface area is 149 Å². The molecule has 0 bridgehead atoms. The normalized spacial score (nSPS) is 12.0. The highest BCUT2D eigenvalue weighted by Gasteiger charge is 2.30. The minimum absolute atomic E-state index is 0.0535. The van der Waals surface area contributed by atoms with Crippen molar-refractivity contribution in [3.8, 4) is 5.69 Å². The molecule has 0 saturated carbocycles. The molecule has 1 aromatic carbocycles. The van der Waals surface area contributed by atoms with Crippen molar-refractivity contribution in [3.63, 3.8) is 0 Å². The van der Waals surface area contributed by atoms with Crippen molar-refractivity contribution in [2.75, 3.05) is 0 Å². The first-order chi connectivity index (χ1) is 12.2. The lowest BCUT2D eigenvalue weighted by Crippen LogP contribution is -2.07. The molecule has 0 amide bonds. The molecule has 136 valence electrons.